The van der Waals surface area contributed by atoms with Gasteiger partial charge < -0.3 is 5.32 Å². The van der Waals surface area contributed by atoms with E-state index in [1.54, 1.807) is 23.6 Å². The Balaban J connectivity index is 1.77. The van der Waals surface area contributed by atoms with E-state index in [-0.39, 0.29) is 17.2 Å². The molecule has 0 aliphatic carbocycles. The second-order valence-corrected chi connectivity index (χ2v) is 9.84. The number of benzene rings is 1. The first-order valence-electron chi connectivity index (χ1n) is 10.8. The normalized spacial score (nSPS) is 12.0. The van der Waals surface area contributed by atoms with Crippen molar-refractivity contribution < 1.29 is 13.2 Å². The van der Waals surface area contributed by atoms with Crippen LogP contribution in [0.25, 0.3) is 5.65 Å². The maximum atomic E-state index is 12.9. The van der Waals surface area contributed by atoms with Crippen LogP contribution in [0.5, 0.6) is 0 Å². The maximum Gasteiger partial charge on any atom is 0.243 e. The lowest BCUT2D eigenvalue weighted by Gasteiger charge is -2.20. The van der Waals surface area contributed by atoms with Gasteiger partial charge in [-0.15, -0.1) is 0 Å². The Morgan fingerprint density at radius 2 is 1.78 bits per heavy atom. The topological polar surface area (TPSA) is 96.7 Å². The molecule has 1 N–H and O–H groups in total. The standard InChI is InChI=1S/C23H31N5O3S/c1-7-27(8-2)32(30,31)21-14-19(10-9-15(21)3)25-23(29)12-11-20-17(5)24-22-13-16(4)26-28(22)18(20)6/h9-10,13-14H,7-8,11-12H2,1-6H3,(H,25,29). The number of sulfonamides is 1. The average Bonchev–Trinajstić information content (AvgIpc) is 3.10. The minimum Gasteiger partial charge on any atom is -0.326 e. The van der Waals surface area contributed by atoms with Crippen LogP contribution >= 0.6 is 0 Å². The van der Waals surface area contributed by atoms with E-state index in [0.717, 1.165) is 28.3 Å². The number of carbonyl (C=O) groups is 1. The van der Waals surface area contributed by atoms with Gasteiger partial charge in [0.15, 0.2) is 5.65 Å². The number of nitrogens with zero attached hydrogens (tertiary/aromatic N) is 4. The molecule has 0 fully saturated rings. The molecule has 0 aliphatic rings. The van der Waals surface area contributed by atoms with Gasteiger partial charge >= 0.3 is 0 Å². The number of rotatable bonds is 8. The molecular formula is C23H31N5O3S. The summed E-state index contributed by atoms with van der Waals surface area (Å²) in [7, 11) is -3.61. The molecule has 0 saturated heterocycles. The van der Waals surface area contributed by atoms with Crippen LogP contribution in [0.2, 0.25) is 0 Å². The van der Waals surface area contributed by atoms with Crippen LogP contribution in [-0.4, -0.2) is 46.3 Å². The molecule has 1 amide bonds. The Hall–Kier alpha value is -2.78. The highest BCUT2D eigenvalue weighted by Gasteiger charge is 2.24. The molecule has 9 heteroatoms. The van der Waals surface area contributed by atoms with E-state index in [1.807, 2.05) is 40.7 Å². The zero-order chi connectivity index (χ0) is 23.6. The first-order chi connectivity index (χ1) is 15.1. The van der Waals surface area contributed by atoms with Crippen LogP contribution in [0.4, 0.5) is 5.69 Å². The van der Waals surface area contributed by atoms with E-state index in [9.17, 15) is 13.2 Å². The molecule has 2 heterocycles. The monoisotopic (exact) mass is 457 g/mol. The molecule has 32 heavy (non-hydrogen) atoms. The molecule has 3 aromatic rings. The van der Waals surface area contributed by atoms with Gasteiger partial charge in [0.2, 0.25) is 15.9 Å². The van der Waals surface area contributed by atoms with Crippen LogP contribution in [0, 0.1) is 27.7 Å². The van der Waals surface area contributed by atoms with E-state index in [2.05, 4.69) is 15.4 Å². The molecule has 1 aromatic carbocycles. The fourth-order valence-electron chi connectivity index (χ4n) is 3.92. The van der Waals surface area contributed by atoms with Crippen molar-refractivity contribution in [3.63, 3.8) is 0 Å². The number of amides is 1. The first-order valence-corrected chi connectivity index (χ1v) is 12.3. The third kappa shape index (κ3) is 4.68. The number of aromatic nitrogens is 3. The highest BCUT2D eigenvalue weighted by molar-refractivity contribution is 7.89. The van der Waals surface area contributed by atoms with Crippen molar-refractivity contribution in [1.82, 2.24) is 18.9 Å². The molecule has 0 radical (unpaired) electrons. The molecule has 172 valence electrons. The number of nitrogens with one attached hydrogen (secondary N) is 1. The Morgan fingerprint density at radius 1 is 1.09 bits per heavy atom. The SMILES string of the molecule is CCN(CC)S(=O)(=O)c1cc(NC(=O)CCc2c(C)nc3cc(C)nn3c2C)ccc1C. The number of aryl methyl sites for hydroxylation is 4. The predicted octanol–water partition coefficient (Wildman–Crippen LogP) is 3.56. The zero-order valence-corrected chi connectivity index (χ0v) is 20.4. The summed E-state index contributed by atoms with van der Waals surface area (Å²) in [6.45, 7) is 12.0. The van der Waals surface area contributed by atoms with Gasteiger partial charge in [-0.2, -0.15) is 9.40 Å². The van der Waals surface area contributed by atoms with Gasteiger partial charge in [-0.1, -0.05) is 19.9 Å². The number of hydrogen-bond acceptors (Lipinski definition) is 5. The summed E-state index contributed by atoms with van der Waals surface area (Å²) in [6.07, 6.45) is 0.767. The molecule has 0 atom stereocenters. The number of anilines is 1. The molecule has 2 aromatic heterocycles. The van der Waals surface area contributed by atoms with E-state index in [0.29, 0.717) is 30.8 Å². The van der Waals surface area contributed by atoms with Crippen LogP contribution in [0.3, 0.4) is 0 Å². The molecule has 0 saturated carbocycles. The molecule has 0 spiro atoms. The first kappa shape index (κ1) is 23.9. The highest BCUT2D eigenvalue weighted by atomic mass is 32.2. The zero-order valence-electron chi connectivity index (χ0n) is 19.6. The van der Waals surface area contributed by atoms with Gasteiger partial charge in [0.25, 0.3) is 0 Å². The summed E-state index contributed by atoms with van der Waals surface area (Å²) in [5.74, 6) is -0.185. The largest absolute Gasteiger partial charge is 0.326 e. The van der Waals surface area contributed by atoms with E-state index in [1.165, 1.54) is 10.4 Å². The summed E-state index contributed by atoms with van der Waals surface area (Å²) in [5.41, 5.74) is 5.65. The van der Waals surface area contributed by atoms with Crippen LogP contribution in [0.15, 0.2) is 29.2 Å². The third-order valence-corrected chi connectivity index (χ3v) is 7.88. The van der Waals surface area contributed by atoms with Crippen molar-refractivity contribution in [2.45, 2.75) is 59.3 Å². The molecule has 0 aliphatic heterocycles. The van der Waals surface area contributed by atoms with Crippen molar-refractivity contribution in [1.29, 1.82) is 0 Å². The Labute approximate surface area is 189 Å². The summed E-state index contributed by atoms with van der Waals surface area (Å²) in [5, 5.41) is 7.31. The van der Waals surface area contributed by atoms with Crippen molar-refractivity contribution in [3.05, 3.63) is 52.5 Å². The lowest BCUT2D eigenvalue weighted by molar-refractivity contribution is -0.116. The average molecular weight is 458 g/mol. The van der Waals surface area contributed by atoms with Gasteiger partial charge in [0.1, 0.15) is 0 Å². The quantitative estimate of drug-likeness (QED) is 0.558. The van der Waals surface area contributed by atoms with Gasteiger partial charge in [-0.25, -0.2) is 17.9 Å². The van der Waals surface area contributed by atoms with E-state index >= 15 is 0 Å². The van der Waals surface area contributed by atoms with E-state index < -0.39 is 10.0 Å². The van der Waals surface area contributed by atoms with Crippen molar-refractivity contribution in [2.24, 2.45) is 0 Å². The number of carbonyl (C=O) groups excluding carboxylic acids is 1. The minimum absolute atomic E-state index is 0.185. The summed E-state index contributed by atoms with van der Waals surface area (Å²) in [6, 6.07) is 6.92. The minimum atomic E-state index is -3.61. The Morgan fingerprint density at radius 3 is 2.44 bits per heavy atom. The van der Waals surface area contributed by atoms with Gasteiger partial charge in [-0.05, 0) is 57.4 Å². The summed E-state index contributed by atoms with van der Waals surface area (Å²) >= 11 is 0. The van der Waals surface area contributed by atoms with Crippen LogP contribution in [-0.2, 0) is 21.2 Å². The second-order valence-electron chi connectivity index (χ2n) is 7.93. The number of fused-ring (bicyclic) bond motifs is 1. The van der Waals surface area contributed by atoms with E-state index in [4.69, 9.17) is 0 Å². The lowest BCUT2D eigenvalue weighted by atomic mass is 10.1. The fourth-order valence-corrected chi connectivity index (χ4v) is 5.63. The van der Waals surface area contributed by atoms with Crippen molar-refractivity contribution >= 4 is 27.3 Å². The maximum absolute atomic E-state index is 12.9. The number of hydrogen-bond donors (Lipinski definition) is 1. The molecule has 3 rings (SSSR count). The molecule has 0 bridgehead atoms. The van der Waals surface area contributed by atoms with Gasteiger partial charge in [-0.3, -0.25) is 4.79 Å². The summed E-state index contributed by atoms with van der Waals surface area (Å²) < 4.78 is 29.1. The molecular weight excluding hydrogens is 426 g/mol. The Bertz CT molecular complexity index is 1260. The Kier molecular flexibility index (Phi) is 7.00. The van der Waals surface area contributed by atoms with Crippen molar-refractivity contribution in [2.75, 3.05) is 18.4 Å². The highest BCUT2D eigenvalue weighted by Crippen LogP contribution is 2.24. The third-order valence-electron chi connectivity index (χ3n) is 5.68. The second kappa shape index (κ2) is 9.38. The fraction of sp³-hybridized carbons (Fsp3) is 0.435. The van der Waals surface area contributed by atoms with Crippen molar-refractivity contribution in [3.8, 4) is 0 Å². The van der Waals surface area contributed by atoms with Gasteiger partial charge in [0.05, 0.1) is 10.6 Å². The molecule has 0 unspecified atom stereocenters. The molecule has 8 nitrogen and oxygen atoms in total. The summed E-state index contributed by atoms with van der Waals surface area (Å²) in [4.78, 5) is 17.5. The van der Waals surface area contributed by atoms with Gasteiger partial charge in [0, 0.05) is 42.7 Å². The smallest absolute Gasteiger partial charge is 0.243 e. The lowest BCUT2D eigenvalue weighted by Crippen LogP contribution is -2.31. The van der Waals surface area contributed by atoms with Crippen LogP contribution < -0.4 is 5.32 Å². The predicted molar refractivity (Wildman–Crippen MR) is 125 cm³/mol. The van der Waals surface area contributed by atoms with Crippen LogP contribution in [0.1, 0.15) is 48.5 Å².